The average Bonchev–Trinajstić information content (AvgIpc) is 3.37. The number of hydrogen-bond acceptors (Lipinski definition) is 6. The second kappa shape index (κ2) is 8.20. The van der Waals surface area contributed by atoms with Crippen LogP contribution in [0.15, 0.2) is 57.8 Å². The molecular weight excluding hydrogens is 346 g/mol. The Morgan fingerprint density at radius 1 is 1.11 bits per heavy atom. The number of oxazole rings is 1. The molecule has 1 aliphatic heterocycles. The third kappa shape index (κ3) is 4.45. The van der Waals surface area contributed by atoms with Crippen molar-refractivity contribution in [1.82, 2.24) is 15.2 Å². The van der Waals surface area contributed by atoms with Crippen molar-refractivity contribution in [2.24, 2.45) is 0 Å². The summed E-state index contributed by atoms with van der Waals surface area (Å²) in [4.78, 5) is 19.0. The number of ether oxygens (including phenoxy) is 1. The van der Waals surface area contributed by atoms with Gasteiger partial charge in [0.1, 0.15) is 18.3 Å². The van der Waals surface area contributed by atoms with Crippen LogP contribution in [0.3, 0.4) is 0 Å². The lowest BCUT2D eigenvalue weighted by atomic mass is 10.2. The highest BCUT2D eigenvalue weighted by molar-refractivity contribution is 5.93. The van der Waals surface area contributed by atoms with E-state index in [1.54, 1.807) is 12.3 Å². The van der Waals surface area contributed by atoms with E-state index in [1.165, 1.54) is 6.26 Å². The van der Waals surface area contributed by atoms with Crippen LogP contribution in [0, 0.1) is 0 Å². The summed E-state index contributed by atoms with van der Waals surface area (Å²) in [6, 6.07) is 11.4. The van der Waals surface area contributed by atoms with Gasteiger partial charge in [0.15, 0.2) is 0 Å². The fourth-order valence-electron chi connectivity index (χ4n) is 2.94. The molecule has 2 aromatic heterocycles. The summed E-state index contributed by atoms with van der Waals surface area (Å²) in [7, 11) is 0. The zero-order chi connectivity index (χ0) is 18.5. The van der Waals surface area contributed by atoms with Gasteiger partial charge in [0, 0.05) is 18.7 Å². The van der Waals surface area contributed by atoms with Crippen LogP contribution in [0.25, 0.3) is 11.5 Å². The second-order valence-corrected chi connectivity index (χ2v) is 6.38. The maximum absolute atomic E-state index is 12.3. The summed E-state index contributed by atoms with van der Waals surface area (Å²) in [5, 5.41) is 2.84. The first kappa shape index (κ1) is 17.5. The highest BCUT2D eigenvalue weighted by Gasteiger charge is 2.15. The van der Waals surface area contributed by atoms with Crippen molar-refractivity contribution >= 4 is 5.91 Å². The molecule has 1 aromatic carbocycles. The standard InChI is InChI=1S/C20H21N3O4/c24-19(16-10-18(26-13-16)12-23-6-8-25-9-7-23)21-11-17-14-27-20(22-17)15-4-2-1-3-5-15/h1-5,10,13-14H,6-9,11-12H2,(H,21,24). The molecule has 4 rings (SSSR count). The van der Waals surface area contributed by atoms with Crippen LogP contribution in [0.5, 0.6) is 0 Å². The summed E-state index contributed by atoms with van der Waals surface area (Å²) in [5.74, 6) is 1.11. The Hall–Kier alpha value is -2.90. The summed E-state index contributed by atoms with van der Waals surface area (Å²) >= 11 is 0. The minimum atomic E-state index is -0.198. The first-order chi connectivity index (χ1) is 13.3. The van der Waals surface area contributed by atoms with Gasteiger partial charge in [-0.3, -0.25) is 9.69 Å². The number of benzene rings is 1. The fraction of sp³-hybridized carbons (Fsp3) is 0.300. The number of morpholine rings is 1. The molecule has 0 radical (unpaired) electrons. The van der Waals surface area contributed by atoms with E-state index in [2.05, 4.69) is 15.2 Å². The van der Waals surface area contributed by atoms with E-state index in [-0.39, 0.29) is 5.91 Å². The zero-order valence-corrected chi connectivity index (χ0v) is 14.9. The van der Waals surface area contributed by atoms with Crippen LogP contribution in [-0.2, 0) is 17.8 Å². The van der Waals surface area contributed by atoms with Crippen molar-refractivity contribution in [2.45, 2.75) is 13.1 Å². The van der Waals surface area contributed by atoms with E-state index in [0.717, 1.165) is 37.6 Å². The van der Waals surface area contributed by atoms with Crippen molar-refractivity contribution in [1.29, 1.82) is 0 Å². The van der Waals surface area contributed by atoms with Crippen molar-refractivity contribution in [3.05, 3.63) is 65.9 Å². The summed E-state index contributed by atoms with van der Waals surface area (Å²) in [6.45, 7) is 4.18. The first-order valence-corrected chi connectivity index (χ1v) is 8.93. The van der Waals surface area contributed by atoms with E-state index in [9.17, 15) is 4.79 Å². The summed E-state index contributed by atoms with van der Waals surface area (Å²) in [6.07, 6.45) is 3.05. The normalized spacial score (nSPS) is 15.0. The third-order valence-electron chi connectivity index (χ3n) is 4.40. The van der Waals surface area contributed by atoms with Gasteiger partial charge < -0.3 is 18.9 Å². The van der Waals surface area contributed by atoms with Gasteiger partial charge in [0.2, 0.25) is 5.89 Å². The smallest absolute Gasteiger partial charge is 0.254 e. The number of aromatic nitrogens is 1. The molecule has 1 amide bonds. The number of hydrogen-bond donors (Lipinski definition) is 1. The van der Waals surface area contributed by atoms with Crippen LogP contribution >= 0.6 is 0 Å². The monoisotopic (exact) mass is 367 g/mol. The molecule has 0 atom stereocenters. The Balaban J connectivity index is 1.31. The molecule has 3 heterocycles. The number of carbonyl (C=O) groups is 1. The first-order valence-electron chi connectivity index (χ1n) is 8.93. The van der Waals surface area contributed by atoms with Crippen molar-refractivity contribution in [3.8, 4) is 11.5 Å². The average molecular weight is 367 g/mol. The number of nitrogens with one attached hydrogen (secondary N) is 1. The molecule has 1 saturated heterocycles. The van der Waals surface area contributed by atoms with Gasteiger partial charge >= 0.3 is 0 Å². The van der Waals surface area contributed by atoms with Crippen LogP contribution < -0.4 is 5.32 Å². The topological polar surface area (TPSA) is 80.7 Å². The maximum atomic E-state index is 12.3. The highest BCUT2D eigenvalue weighted by atomic mass is 16.5. The van der Waals surface area contributed by atoms with E-state index in [4.69, 9.17) is 13.6 Å². The summed E-state index contributed by atoms with van der Waals surface area (Å²) < 4.78 is 16.3. The molecule has 1 fully saturated rings. The Morgan fingerprint density at radius 3 is 2.74 bits per heavy atom. The summed E-state index contributed by atoms with van der Waals surface area (Å²) in [5.41, 5.74) is 2.07. The molecule has 140 valence electrons. The highest BCUT2D eigenvalue weighted by Crippen LogP contribution is 2.18. The fourth-order valence-corrected chi connectivity index (χ4v) is 2.94. The van der Waals surface area contributed by atoms with Gasteiger partial charge in [-0.15, -0.1) is 0 Å². The molecule has 7 heteroatoms. The molecule has 1 N–H and O–H groups in total. The van der Waals surface area contributed by atoms with E-state index in [1.807, 2.05) is 30.3 Å². The Labute approximate surface area is 156 Å². The molecule has 0 saturated carbocycles. The molecule has 27 heavy (non-hydrogen) atoms. The van der Waals surface area contributed by atoms with Gasteiger partial charge in [-0.2, -0.15) is 0 Å². The molecule has 0 aliphatic carbocycles. The molecule has 3 aromatic rings. The van der Waals surface area contributed by atoms with Crippen LogP contribution in [0.4, 0.5) is 0 Å². The molecule has 0 unspecified atom stereocenters. The van der Waals surface area contributed by atoms with Gasteiger partial charge in [0.25, 0.3) is 5.91 Å². The van der Waals surface area contributed by atoms with E-state index < -0.39 is 0 Å². The minimum Gasteiger partial charge on any atom is -0.467 e. The number of nitrogens with zero attached hydrogens (tertiary/aromatic N) is 2. The predicted octanol–water partition coefficient (Wildman–Crippen LogP) is 2.70. The molecule has 7 nitrogen and oxygen atoms in total. The largest absolute Gasteiger partial charge is 0.467 e. The molecule has 0 bridgehead atoms. The van der Waals surface area contributed by atoms with Gasteiger partial charge in [0.05, 0.1) is 37.6 Å². The zero-order valence-electron chi connectivity index (χ0n) is 14.9. The van der Waals surface area contributed by atoms with Gasteiger partial charge in [-0.05, 0) is 18.2 Å². The van der Waals surface area contributed by atoms with Crippen molar-refractivity contribution in [2.75, 3.05) is 26.3 Å². The quantitative estimate of drug-likeness (QED) is 0.721. The maximum Gasteiger partial charge on any atom is 0.254 e. The Bertz CT molecular complexity index is 882. The number of carbonyl (C=O) groups excluding carboxylic acids is 1. The van der Waals surface area contributed by atoms with E-state index in [0.29, 0.717) is 30.2 Å². The van der Waals surface area contributed by atoms with Gasteiger partial charge in [-0.1, -0.05) is 18.2 Å². The number of furan rings is 1. The van der Waals surface area contributed by atoms with E-state index >= 15 is 0 Å². The Morgan fingerprint density at radius 2 is 1.93 bits per heavy atom. The lowest BCUT2D eigenvalue weighted by molar-refractivity contribution is 0.0313. The number of amides is 1. The third-order valence-corrected chi connectivity index (χ3v) is 4.40. The molecule has 1 aliphatic rings. The lowest BCUT2D eigenvalue weighted by Gasteiger charge is -2.25. The molecular formula is C20H21N3O4. The predicted molar refractivity (Wildman–Crippen MR) is 97.9 cm³/mol. The number of rotatable bonds is 6. The van der Waals surface area contributed by atoms with Crippen molar-refractivity contribution in [3.63, 3.8) is 0 Å². The van der Waals surface area contributed by atoms with Crippen molar-refractivity contribution < 1.29 is 18.4 Å². The SMILES string of the molecule is O=C(NCc1coc(-c2ccccc2)n1)c1coc(CN2CCOCC2)c1. The Kier molecular flexibility index (Phi) is 5.32. The molecule has 0 spiro atoms. The van der Waals surface area contributed by atoms with Crippen LogP contribution in [0.1, 0.15) is 21.8 Å². The van der Waals surface area contributed by atoms with Crippen LogP contribution in [-0.4, -0.2) is 42.1 Å². The lowest BCUT2D eigenvalue weighted by Crippen LogP contribution is -2.35. The van der Waals surface area contributed by atoms with Crippen LogP contribution in [0.2, 0.25) is 0 Å². The second-order valence-electron chi connectivity index (χ2n) is 6.38. The van der Waals surface area contributed by atoms with Gasteiger partial charge in [-0.25, -0.2) is 4.98 Å². The minimum absolute atomic E-state index is 0.198.